The first-order chi connectivity index (χ1) is 15.7. The Kier molecular flexibility index (Phi) is 7.78. The van der Waals surface area contributed by atoms with Crippen molar-refractivity contribution in [3.05, 3.63) is 89.7 Å². The molecule has 7 nitrogen and oxygen atoms in total. The third-order valence-corrected chi connectivity index (χ3v) is 6.27. The molecule has 3 aromatic carbocycles. The second kappa shape index (κ2) is 10.7. The standard InChI is InChI=1S/C24H24FN3O4S/c1-17-11-12-19(16-22(17)33(31,32)28-21-10-6-5-9-20(21)25)27-23(29)13-14-26-24(30)15-18-7-3-2-4-8-18/h2-12,16,28H,13-15H2,1H3,(H,26,30)(H,27,29). The summed E-state index contributed by atoms with van der Waals surface area (Å²) < 4.78 is 41.6. The fraction of sp³-hybridized carbons (Fsp3) is 0.167. The molecule has 172 valence electrons. The lowest BCUT2D eigenvalue weighted by Crippen LogP contribution is -2.28. The molecular formula is C24H24FN3O4S. The van der Waals surface area contributed by atoms with E-state index in [9.17, 15) is 22.4 Å². The van der Waals surface area contributed by atoms with Gasteiger partial charge in [0.15, 0.2) is 0 Å². The molecule has 0 heterocycles. The van der Waals surface area contributed by atoms with Gasteiger partial charge in [-0.15, -0.1) is 0 Å². The van der Waals surface area contributed by atoms with Crippen LogP contribution in [0.25, 0.3) is 0 Å². The summed E-state index contributed by atoms with van der Waals surface area (Å²) in [6, 6.07) is 19.1. The largest absolute Gasteiger partial charge is 0.355 e. The summed E-state index contributed by atoms with van der Waals surface area (Å²) in [5, 5.41) is 5.31. The molecule has 0 radical (unpaired) electrons. The minimum absolute atomic E-state index is 0.0178. The van der Waals surface area contributed by atoms with Crippen LogP contribution in [0.3, 0.4) is 0 Å². The Hall–Kier alpha value is -3.72. The van der Waals surface area contributed by atoms with Gasteiger partial charge in [0.25, 0.3) is 10.0 Å². The third kappa shape index (κ3) is 6.88. The van der Waals surface area contributed by atoms with Gasteiger partial charge in [0, 0.05) is 18.7 Å². The van der Waals surface area contributed by atoms with E-state index in [1.165, 1.54) is 24.3 Å². The van der Waals surface area contributed by atoms with Gasteiger partial charge in [-0.3, -0.25) is 14.3 Å². The van der Waals surface area contributed by atoms with Gasteiger partial charge >= 0.3 is 0 Å². The molecule has 0 bridgehead atoms. The van der Waals surface area contributed by atoms with Crippen LogP contribution in [0.15, 0.2) is 77.7 Å². The first-order valence-electron chi connectivity index (χ1n) is 10.2. The highest BCUT2D eigenvalue weighted by Crippen LogP contribution is 2.24. The molecule has 3 N–H and O–H groups in total. The van der Waals surface area contributed by atoms with E-state index in [0.29, 0.717) is 5.56 Å². The van der Waals surface area contributed by atoms with Crippen LogP contribution >= 0.6 is 0 Å². The minimum atomic E-state index is -4.08. The van der Waals surface area contributed by atoms with Crippen molar-refractivity contribution in [3.63, 3.8) is 0 Å². The van der Waals surface area contributed by atoms with Crippen LogP contribution in [0.2, 0.25) is 0 Å². The molecule has 2 amide bonds. The number of amides is 2. The summed E-state index contributed by atoms with van der Waals surface area (Å²) >= 11 is 0. The maximum Gasteiger partial charge on any atom is 0.262 e. The Bertz CT molecular complexity index is 1250. The van der Waals surface area contributed by atoms with Crippen LogP contribution in [0.5, 0.6) is 0 Å². The molecular weight excluding hydrogens is 445 g/mol. The number of rotatable bonds is 9. The molecule has 3 aromatic rings. The average Bonchev–Trinajstić information content (AvgIpc) is 2.77. The zero-order chi connectivity index (χ0) is 23.8. The predicted octanol–water partition coefficient (Wildman–Crippen LogP) is 3.62. The van der Waals surface area contributed by atoms with Crippen molar-refractivity contribution in [1.29, 1.82) is 0 Å². The fourth-order valence-corrected chi connectivity index (χ4v) is 4.43. The van der Waals surface area contributed by atoms with Crippen molar-refractivity contribution in [2.24, 2.45) is 0 Å². The molecule has 0 atom stereocenters. The van der Waals surface area contributed by atoms with Crippen LogP contribution in [-0.2, 0) is 26.0 Å². The lowest BCUT2D eigenvalue weighted by Gasteiger charge is -2.13. The topological polar surface area (TPSA) is 104 Å². The molecule has 33 heavy (non-hydrogen) atoms. The SMILES string of the molecule is Cc1ccc(NC(=O)CCNC(=O)Cc2ccccc2)cc1S(=O)(=O)Nc1ccccc1F. The Labute approximate surface area is 192 Å². The maximum atomic E-state index is 13.9. The summed E-state index contributed by atoms with van der Waals surface area (Å²) in [6.07, 6.45) is 0.237. The Balaban J connectivity index is 1.58. The normalized spacial score (nSPS) is 11.0. The third-order valence-electron chi connectivity index (χ3n) is 4.76. The molecule has 0 spiro atoms. The number of hydrogen-bond donors (Lipinski definition) is 3. The Morgan fingerprint density at radius 1 is 0.909 bits per heavy atom. The molecule has 0 aliphatic heterocycles. The molecule has 0 aliphatic carbocycles. The van der Waals surface area contributed by atoms with E-state index in [4.69, 9.17) is 0 Å². The summed E-state index contributed by atoms with van der Waals surface area (Å²) in [6.45, 7) is 1.74. The first kappa shape index (κ1) is 23.9. The highest BCUT2D eigenvalue weighted by atomic mass is 32.2. The van der Waals surface area contributed by atoms with E-state index in [1.807, 2.05) is 30.3 Å². The number of carbonyl (C=O) groups is 2. The summed E-state index contributed by atoms with van der Waals surface area (Å²) in [4.78, 5) is 24.1. The lowest BCUT2D eigenvalue weighted by molar-refractivity contribution is -0.120. The van der Waals surface area contributed by atoms with Crippen LogP contribution in [-0.4, -0.2) is 26.8 Å². The number of anilines is 2. The second-order valence-electron chi connectivity index (χ2n) is 7.38. The number of para-hydroxylation sites is 1. The summed E-state index contributed by atoms with van der Waals surface area (Å²) in [7, 11) is -4.08. The molecule has 9 heteroatoms. The van der Waals surface area contributed by atoms with Crippen molar-refractivity contribution >= 4 is 33.2 Å². The number of nitrogens with one attached hydrogen (secondary N) is 3. The number of aryl methyl sites for hydroxylation is 1. The van der Waals surface area contributed by atoms with Gasteiger partial charge in [-0.2, -0.15) is 0 Å². The van der Waals surface area contributed by atoms with Gasteiger partial charge in [-0.05, 0) is 42.3 Å². The minimum Gasteiger partial charge on any atom is -0.355 e. The zero-order valence-corrected chi connectivity index (χ0v) is 18.8. The molecule has 3 rings (SSSR count). The molecule has 0 saturated carbocycles. The number of sulfonamides is 1. The van der Waals surface area contributed by atoms with Crippen molar-refractivity contribution < 1.29 is 22.4 Å². The molecule has 0 aliphatic rings. The number of hydrogen-bond acceptors (Lipinski definition) is 4. The monoisotopic (exact) mass is 469 g/mol. The van der Waals surface area contributed by atoms with E-state index < -0.39 is 15.8 Å². The number of benzene rings is 3. The quantitative estimate of drug-likeness (QED) is 0.445. The summed E-state index contributed by atoms with van der Waals surface area (Å²) in [5.74, 6) is -1.28. The van der Waals surface area contributed by atoms with Crippen LogP contribution in [0.1, 0.15) is 17.5 Å². The molecule has 0 saturated heterocycles. The Morgan fingerprint density at radius 2 is 1.61 bits per heavy atom. The van der Waals surface area contributed by atoms with Gasteiger partial charge in [0.05, 0.1) is 17.0 Å². The van der Waals surface area contributed by atoms with Crippen molar-refractivity contribution in [1.82, 2.24) is 5.32 Å². The maximum absolute atomic E-state index is 13.9. The van der Waals surface area contributed by atoms with Gasteiger partial charge in [-0.1, -0.05) is 48.5 Å². The van der Waals surface area contributed by atoms with Crippen molar-refractivity contribution in [3.8, 4) is 0 Å². The van der Waals surface area contributed by atoms with Crippen LogP contribution in [0, 0.1) is 12.7 Å². The van der Waals surface area contributed by atoms with E-state index in [0.717, 1.165) is 11.6 Å². The Morgan fingerprint density at radius 3 is 2.33 bits per heavy atom. The van der Waals surface area contributed by atoms with E-state index in [1.54, 1.807) is 19.1 Å². The van der Waals surface area contributed by atoms with Crippen LogP contribution in [0.4, 0.5) is 15.8 Å². The smallest absolute Gasteiger partial charge is 0.262 e. The van der Waals surface area contributed by atoms with Crippen molar-refractivity contribution in [2.45, 2.75) is 24.7 Å². The summed E-state index contributed by atoms with van der Waals surface area (Å²) in [5.41, 5.74) is 1.41. The molecule has 0 unspecified atom stereocenters. The number of halogens is 1. The van der Waals surface area contributed by atoms with Crippen LogP contribution < -0.4 is 15.4 Å². The highest BCUT2D eigenvalue weighted by molar-refractivity contribution is 7.92. The zero-order valence-electron chi connectivity index (χ0n) is 18.0. The molecule has 0 aromatic heterocycles. The van der Waals surface area contributed by atoms with E-state index in [2.05, 4.69) is 15.4 Å². The first-order valence-corrected chi connectivity index (χ1v) is 11.7. The van der Waals surface area contributed by atoms with Gasteiger partial charge < -0.3 is 10.6 Å². The fourth-order valence-electron chi connectivity index (χ4n) is 3.09. The van der Waals surface area contributed by atoms with Gasteiger partial charge in [0.1, 0.15) is 5.82 Å². The van der Waals surface area contributed by atoms with Gasteiger partial charge in [0.2, 0.25) is 11.8 Å². The van der Waals surface area contributed by atoms with Gasteiger partial charge in [-0.25, -0.2) is 12.8 Å². The van der Waals surface area contributed by atoms with Crippen molar-refractivity contribution in [2.75, 3.05) is 16.6 Å². The van der Waals surface area contributed by atoms with E-state index in [-0.39, 0.29) is 47.5 Å². The highest BCUT2D eigenvalue weighted by Gasteiger charge is 2.19. The second-order valence-corrected chi connectivity index (χ2v) is 9.03. The lowest BCUT2D eigenvalue weighted by atomic mass is 10.1. The molecule has 0 fully saturated rings. The van der Waals surface area contributed by atoms with E-state index >= 15 is 0 Å². The average molecular weight is 470 g/mol. The predicted molar refractivity (Wildman–Crippen MR) is 125 cm³/mol. The number of carbonyl (C=O) groups excluding carboxylic acids is 2.